The summed E-state index contributed by atoms with van der Waals surface area (Å²) in [6.07, 6.45) is 1.69. The normalized spacial score (nSPS) is 17.7. The van der Waals surface area contributed by atoms with Gasteiger partial charge in [0.2, 0.25) is 10.4 Å². The molecule has 0 amide bonds. The van der Waals surface area contributed by atoms with Crippen LogP contribution in [0.5, 0.6) is 5.88 Å². The summed E-state index contributed by atoms with van der Waals surface area (Å²) >= 11 is 11.4. The van der Waals surface area contributed by atoms with E-state index in [2.05, 4.69) is 15.2 Å². The van der Waals surface area contributed by atoms with E-state index >= 15 is 0 Å². The Bertz CT molecular complexity index is 345. The molecule has 2 heterocycles. The molecule has 0 saturated carbocycles. The van der Waals surface area contributed by atoms with Crippen LogP contribution in [0.4, 0.5) is 0 Å². The minimum atomic E-state index is 0.0291. The molecule has 15 heavy (non-hydrogen) atoms. The second-order valence-electron chi connectivity index (χ2n) is 3.11. The molecule has 1 aromatic rings. The molecular weight excluding hydrogens is 241 g/mol. The van der Waals surface area contributed by atoms with Crippen LogP contribution in [-0.4, -0.2) is 34.5 Å². The number of nitrogens with zero attached hydrogens (tertiary/aromatic N) is 3. The average Bonchev–Trinajstić information content (AvgIpc) is 2.25. The van der Waals surface area contributed by atoms with Gasteiger partial charge in [-0.1, -0.05) is 11.6 Å². The highest BCUT2D eigenvalue weighted by atomic mass is 35.5. The van der Waals surface area contributed by atoms with Crippen molar-refractivity contribution in [1.82, 2.24) is 15.2 Å². The minimum Gasteiger partial charge on any atom is -0.472 e. The smallest absolute Gasteiger partial charge is 0.257 e. The van der Waals surface area contributed by atoms with Gasteiger partial charge in [-0.2, -0.15) is 4.98 Å². The van der Waals surface area contributed by atoms with Gasteiger partial charge in [-0.15, -0.1) is 10.2 Å². The fraction of sp³-hybridized carbons (Fsp3) is 0.625. The van der Waals surface area contributed by atoms with E-state index in [1.165, 1.54) is 0 Å². The first-order chi connectivity index (χ1) is 7.25. The minimum absolute atomic E-state index is 0.0291. The molecule has 0 unspecified atom stereocenters. The van der Waals surface area contributed by atoms with Gasteiger partial charge in [0.25, 0.3) is 5.88 Å². The van der Waals surface area contributed by atoms with Crippen molar-refractivity contribution >= 4 is 23.2 Å². The first-order valence-electron chi connectivity index (χ1n) is 4.56. The monoisotopic (exact) mass is 249 g/mol. The lowest BCUT2D eigenvalue weighted by atomic mass is 10.2. The van der Waals surface area contributed by atoms with Crippen molar-refractivity contribution in [2.75, 3.05) is 13.2 Å². The Kier molecular flexibility index (Phi) is 3.56. The molecule has 82 valence electrons. The predicted octanol–water partition coefficient (Wildman–Crippen LogP) is 1.74. The summed E-state index contributed by atoms with van der Waals surface area (Å²) in [5.74, 6) is 0.239. The van der Waals surface area contributed by atoms with Crippen molar-refractivity contribution in [2.45, 2.75) is 18.9 Å². The van der Waals surface area contributed by atoms with Crippen LogP contribution in [0.2, 0.25) is 10.4 Å². The van der Waals surface area contributed by atoms with Gasteiger partial charge in [0.1, 0.15) is 6.10 Å². The first-order valence-corrected chi connectivity index (χ1v) is 5.31. The van der Waals surface area contributed by atoms with Gasteiger partial charge in [-0.3, -0.25) is 0 Å². The molecule has 0 aliphatic carbocycles. The number of halogens is 2. The second kappa shape index (κ2) is 4.92. The van der Waals surface area contributed by atoms with E-state index in [0.717, 1.165) is 12.8 Å². The van der Waals surface area contributed by atoms with Crippen LogP contribution in [-0.2, 0) is 4.74 Å². The van der Waals surface area contributed by atoms with Crippen molar-refractivity contribution in [3.05, 3.63) is 10.4 Å². The molecule has 0 spiro atoms. The highest BCUT2D eigenvalue weighted by Crippen LogP contribution is 2.22. The SMILES string of the molecule is Clc1nnc(Cl)c(OC2CCOCC2)n1. The highest BCUT2D eigenvalue weighted by Gasteiger charge is 2.18. The molecule has 0 bridgehead atoms. The Morgan fingerprint density at radius 2 is 1.93 bits per heavy atom. The molecule has 1 aliphatic heterocycles. The third-order valence-electron chi connectivity index (χ3n) is 2.04. The summed E-state index contributed by atoms with van der Waals surface area (Å²) in [6, 6.07) is 0. The summed E-state index contributed by atoms with van der Waals surface area (Å²) in [5, 5.41) is 7.27. The van der Waals surface area contributed by atoms with Crippen LogP contribution >= 0.6 is 23.2 Å². The molecule has 7 heteroatoms. The molecule has 0 N–H and O–H groups in total. The summed E-state index contributed by atoms with van der Waals surface area (Å²) < 4.78 is 10.8. The maximum atomic E-state index is 5.76. The fourth-order valence-electron chi connectivity index (χ4n) is 1.31. The number of hydrogen-bond acceptors (Lipinski definition) is 5. The van der Waals surface area contributed by atoms with E-state index in [-0.39, 0.29) is 22.4 Å². The Morgan fingerprint density at radius 3 is 2.67 bits per heavy atom. The Morgan fingerprint density at radius 1 is 1.20 bits per heavy atom. The lowest BCUT2D eigenvalue weighted by Crippen LogP contribution is -2.26. The molecule has 5 nitrogen and oxygen atoms in total. The van der Waals surface area contributed by atoms with E-state index in [1.54, 1.807) is 0 Å². The zero-order valence-corrected chi connectivity index (χ0v) is 9.33. The molecule has 0 atom stereocenters. The largest absolute Gasteiger partial charge is 0.472 e. The van der Waals surface area contributed by atoms with Crippen molar-refractivity contribution in [2.24, 2.45) is 0 Å². The first kappa shape index (κ1) is 10.9. The molecule has 1 aromatic heterocycles. The quantitative estimate of drug-likeness (QED) is 0.800. The number of ether oxygens (including phenoxy) is 2. The van der Waals surface area contributed by atoms with E-state index < -0.39 is 0 Å². The average molecular weight is 250 g/mol. The maximum absolute atomic E-state index is 5.76. The van der Waals surface area contributed by atoms with E-state index in [1.807, 2.05) is 0 Å². The summed E-state index contributed by atoms with van der Waals surface area (Å²) in [6.45, 7) is 1.38. The number of aromatic nitrogens is 3. The van der Waals surface area contributed by atoms with Gasteiger partial charge in [-0.25, -0.2) is 0 Å². The molecule has 0 aromatic carbocycles. The molecule has 2 rings (SSSR count). The third kappa shape index (κ3) is 2.90. The van der Waals surface area contributed by atoms with Gasteiger partial charge < -0.3 is 9.47 Å². The molecule has 1 fully saturated rings. The Labute approximate surface area is 96.7 Å². The van der Waals surface area contributed by atoms with Gasteiger partial charge >= 0.3 is 0 Å². The summed E-state index contributed by atoms with van der Waals surface area (Å²) in [5.41, 5.74) is 0. The zero-order valence-electron chi connectivity index (χ0n) is 7.82. The van der Waals surface area contributed by atoms with Crippen LogP contribution in [0.3, 0.4) is 0 Å². The van der Waals surface area contributed by atoms with Crippen LogP contribution < -0.4 is 4.74 Å². The molecule has 1 aliphatic rings. The lowest BCUT2D eigenvalue weighted by Gasteiger charge is -2.22. The highest BCUT2D eigenvalue weighted by molar-refractivity contribution is 6.31. The maximum Gasteiger partial charge on any atom is 0.257 e. The van der Waals surface area contributed by atoms with Crippen LogP contribution in [0.25, 0.3) is 0 Å². The molecule has 1 saturated heterocycles. The molecule has 0 radical (unpaired) electrons. The summed E-state index contributed by atoms with van der Waals surface area (Å²) in [7, 11) is 0. The van der Waals surface area contributed by atoms with Gasteiger partial charge in [0.05, 0.1) is 13.2 Å². The predicted molar refractivity (Wildman–Crippen MR) is 54.3 cm³/mol. The van der Waals surface area contributed by atoms with Crippen LogP contribution in [0.1, 0.15) is 12.8 Å². The standard InChI is InChI=1S/C8H9Cl2N3O2/c9-6-7(11-8(10)13-12-6)15-5-1-3-14-4-2-5/h5H,1-4H2. The van der Waals surface area contributed by atoms with E-state index in [4.69, 9.17) is 32.7 Å². The zero-order chi connectivity index (χ0) is 10.7. The lowest BCUT2D eigenvalue weighted by molar-refractivity contribution is 0.0235. The second-order valence-corrected chi connectivity index (χ2v) is 3.80. The van der Waals surface area contributed by atoms with Crippen LogP contribution in [0.15, 0.2) is 0 Å². The number of hydrogen-bond donors (Lipinski definition) is 0. The fourth-order valence-corrected chi connectivity index (χ4v) is 1.55. The van der Waals surface area contributed by atoms with E-state index in [9.17, 15) is 0 Å². The molecular formula is C8H9Cl2N3O2. The van der Waals surface area contributed by atoms with Crippen molar-refractivity contribution in [1.29, 1.82) is 0 Å². The van der Waals surface area contributed by atoms with Gasteiger partial charge in [-0.05, 0) is 11.6 Å². The summed E-state index contributed by atoms with van der Waals surface area (Å²) in [4.78, 5) is 3.86. The van der Waals surface area contributed by atoms with Crippen molar-refractivity contribution in [3.8, 4) is 5.88 Å². The number of rotatable bonds is 2. The van der Waals surface area contributed by atoms with Gasteiger partial charge in [0.15, 0.2) is 0 Å². The van der Waals surface area contributed by atoms with Crippen molar-refractivity contribution in [3.63, 3.8) is 0 Å². The Hall–Kier alpha value is -0.650. The van der Waals surface area contributed by atoms with Gasteiger partial charge in [0, 0.05) is 12.8 Å². The van der Waals surface area contributed by atoms with E-state index in [0.29, 0.717) is 13.2 Å². The topological polar surface area (TPSA) is 57.1 Å². The van der Waals surface area contributed by atoms with Crippen molar-refractivity contribution < 1.29 is 9.47 Å². The Balaban J connectivity index is 2.05. The van der Waals surface area contributed by atoms with Crippen LogP contribution in [0, 0.1) is 0 Å². The third-order valence-corrected chi connectivity index (χ3v) is 2.43.